The first-order valence-electron chi connectivity index (χ1n) is 7.31. The van der Waals surface area contributed by atoms with Crippen molar-refractivity contribution in [3.05, 3.63) is 59.7 Å². The molecule has 0 N–H and O–H groups in total. The third-order valence-electron chi connectivity index (χ3n) is 5.01. The summed E-state index contributed by atoms with van der Waals surface area (Å²) >= 11 is 0. The van der Waals surface area contributed by atoms with Gasteiger partial charge in [0.25, 0.3) is 0 Å². The minimum Gasteiger partial charge on any atom is -0.358 e. The van der Waals surface area contributed by atoms with Crippen LogP contribution in [0.5, 0.6) is 0 Å². The van der Waals surface area contributed by atoms with Crippen LogP contribution in [0.4, 0.5) is 0 Å². The van der Waals surface area contributed by atoms with Gasteiger partial charge in [-0.25, -0.2) is 22.3 Å². The maximum Gasteiger partial charge on any atom is 4.00 e. The van der Waals surface area contributed by atoms with Crippen molar-refractivity contribution in [1.29, 1.82) is 0 Å². The van der Waals surface area contributed by atoms with E-state index in [0.717, 1.165) is 0 Å². The molecule has 2 aliphatic carbocycles. The number of allylic oxidation sites excluding steroid dienone is 8. The fourth-order valence-corrected chi connectivity index (χ4v) is 9.08. The van der Waals surface area contributed by atoms with Crippen LogP contribution in [0.25, 0.3) is 0 Å². The average Bonchev–Trinajstić information content (AvgIpc) is 2.66. The molecule has 0 radical (unpaired) electrons. The van der Waals surface area contributed by atoms with Crippen molar-refractivity contribution in [1.82, 2.24) is 0 Å². The van der Waals surface area contributed by atoms with E-state index in [2.05, 4.69) is 66.8 Å². The molecule has 0 fully saturated rings. The van der Waals surface area contributed by atoms with E-state index >= 15 is 0 Å². The third-order valence-corrected chi connectivity index (χ3v) is 9.32. The van der Waals surface area contributed by atoms with Gasteiger partial charge in [-0.05, 0) is 0 Å². The zero-order valence-corrected chi connectivity index (χ0v) is 18.7. The van der Waals surface area contributed by atoms with Crippen LogP contribution in [0.2, 0.25) is 13.1 Å². The Hall–Kier alpha value is -0.109. The van der Waals surface area contributed by atoms with Crippen molar-refractivity contribution in [2.24, 2.45) is 11.8 Å². The molecular weight excluding hydrogens is 316 g/mol. The molecule has 2 heteroatoms. The summed E-state index contributed by atoms with van der Waals surface area (Å²) in [6, 6.07) is 0. The van der Waals surface area contributed by atoms with Crippen molar-refractivity contribution < 1.29 is 21.7 Å². The van der Waals surface area contributed by atoms with Gasteiger partial charge in [0, 0.05) is 0 Å². The zero-order valence-electron chi connectivity index (χ0n) is 16.2. The number of rotatable bonds is 2. The monoisotopic (exact) mass is 348 g/mol. The Morgan fingerprint density at radius 3 is 1.18 bits per heavy atom. The third kappa shape index (κ3) is 3.68. The van der Waals surface area contributed by atoms with Crippen LogP contribution in [0.1, 0.15) is 41.5 Å². The summed E-state index contributed by atoms with van der Waals surface area (Å²) in [6.07, 6.45) is 7.23. The molecule has 22 heavy (non-hydrogen) atoms. The topological polar surface area (TPSA) is 0 Å². The van der Waals surface area contributed by atoms with E-state index in [9.17, 15) is 0 Å². The normalized spacial score (nSPS) is 24.4. The van der Waals surface area contributed by atoms with Gasteiger partial charge in [-0.15, -0.1) is 13.8 Å². The van der Waals surface area contributed by atoms with Gasteiger partial charge in [-0.3, -0.25) is 12.2 Å². The Labute approximate surface area is 155 Å². The van der Waals surface area contributed by atoms with Crippen LogP contribution in [0.15, 0.2) is 32.7 Å². The first-order chi connectivity index (χ1) is 8.67. The smallest absolute Gasteiger partial charge is 0.358 e. The van der Waals surface area contributed by atoms with Gasteiger partial charge in [-0.2, -0.15) is 10.4 Å². The van der Waals surface area contributed by atoms with Crippen LogP contribution in [0, 0.1) is 38.8 Å². The molecule has 0 heterocycles. The molecule has 0 aromatic heterocycles. The molecule has 0 bridgehead atoms. The molecule has 0 spiro atoms. The van der Waals surface area contributed by atoms with Gasteiger partial charge < -0.3 is 14.9 Å². The van der Waals surface area contributed by atoms with Crippen LogP contribution >= 0.6 is 0 Å². The van der Waals surface area contributed by atoms with E-state index in [1.54, 1.807) is 10.4 Å². The molecule has 0 aliphatic heterocycles. The molecule has 2 rings (SSSR count). The zero-order chi connectivity index (χ0) is 14.5. The Morgan fingerprint density at radius 2 is 1.00 bits per heavy atom. The van der Waals surface area contributed by atoms with Crippen molar-refractivity contribution in [2.75, 3.05) is 0 Å². The summed E-state index contributed by atoms with van der Waals surface area (Å²) < 4.78 is 0. The van der Waals surface area contributed by atoms with Gasteiger partial charge in [0.2, 0.25) is 0 Å². The molecule has 2 unspecified atom stereocenters. The largest absolute Gasteiger partial charge is 4.00 e. The van der Waals surface area contributed by atoms with Gasteiger partial charge in [-0.1, -0.05) is 52.6 Å². The summed E-state index contributed by atoms with van der Waals surface area (Å²) in [7, 11) is -1.58. The molecule has 0 nitrogen and oxygen atoms in total. The molecule has 2 aliphatic rings. The minimum absolute atomic E-state index is 0. The van der Waals surface area contributed by atoms with Crippen molar-refractivity contribution >= 4 is 8.07 Å². The molecular formula is C20H32SiTi. The summed E-state index contributed by atoms with van der Waals surface area (Å²) in [5.41, 5.74) is 5.73. The van der Waals surface area contributed by atoms with Crippen LogP contribution in [0.3, 0.4) is 0 Å². The molecule has 0 saturated carbocycles. The predicted molar refractivity (Wildman–Crippen MR) is 98.9 cm³/mol. The second-order valence-electron chi connectivity index (χ2n) is 6.68. The number of hydrogen-bond donors (Lipinski definition) is 0. The Balaban J connectivity index is 0. The average molecular weight is 348 g/mol. The Morgan fingerprint density at radius 1 is 0.727 bits per heavy atom. The van der Waals surface area contributed by atoms with Gasteiger partial charge in [0.05, 0.1) is 8.07 Å². The summed E-state index contributed by atoms with van der Waals surface area (Å²) in [4.78, 5) is 0. The van der Waals surface area contributed by atoms with Gasteiger partial charge in [0.1, 0.15) is 0 Å². The van der Waals surface area contributed by atoms with Crippen LogP contribution in [-0.4, -0.2) is 8.07 Å². The summed E-state index contributed by atoms with van der Waals surface area (Å²) in [5.74, 6) is 0.991. The van der Waals surface area contributed by atoms with E-state index in [4.69, 9.17) is 0 Å². The maximum atomic E-state index is 3.61. The van der Waals surface area contributed by atoms with Crippen LogP contribution < -0.4 is 0 Å². The van der Waals surface area contributed by atoms with E-state index in [0.29, 0.717) is 11.8 Å². The molecule has 0 amide bonds. The van der Waals surface area contributed by atoms with Gasteiger partial charge in [0.15, 0.2) is 0 Å². The van der Waals surface area contributed by atoms with Gasteiger partial charge >= 0.3 is 21.7 Å². The minimum atomic E-state index is -1.58. The fourth-order valence-electron chi connectivity index (χ4n) is 4.23. The molecule has 0 aromatic carbocycles. The Kier molecular flexibility index (Phi) is 8.92. The maximum absolute atomic E-state index is 3.61. The number of hydrogen-bond acceptors (Lipinski definition) is 0. The van der Waals surface area contributed by atoms with E-state index in [-0.39, 0.29) is 36.6 Å². The van der Waals surface area contributed by atoms with Crippen molar-refractivity contribution in [3.63, 3.8) is 0 Å². The van der Waals surface area contributed by atoms with E-state index in [1.807, 2.05) is 0 Å². The summed E-state index contributed by atoms with van der Waals surface area (Å²) in [5, 5.41) is 3.37. The second kappa shape index (κ2) is 8.13. The standard InChI is InChI=1S/C18H26Si.2CH3.Ti/c1-11-9-13(3)17(15(11)5)19(7,8)18-14(4)10-12(2)16(18)6;;;/h13-14H,1-8H3;2*1H3;/q-2;2*-1;+4. The molecule has 0 saturated heterocycles. The second-order valence-corrected chi connectivity index (χ2v) is 11.0. The Bertz CT molecular complexity index is 496. The van der Waals surface area contributed by atoms with E-state index < -0.39 is 8.07 Å². The fraction of sp³-hybridized carbons (Fsp3) is 0.500. The van der Waals surface area contributed by atoms with Crippen LogP contribution in [-0.2, 0) is 21.7 Å². The summed E-state index contributed by atoms with van der Waals surface area (Å²) in [6.45, 7) is 18.6. The first-order valence-corrected chi connectivity index (χ1v) is 10.3. The van der Waals surface area contributed by atoms with Crippen molar-refractivity contribution in [3.8, 4) is 0 Å². The SMILES string of the molecule is CC1=[C-]C(C)C([Si](C)(C)C2=C(C)C(C)=[C-]C2C)=C1C.[CH3-].[CH3-].[Ti+4]. The quantitative estimate of drug-likeness (QED) is 0.418. The predicted octanol–water partition coefficient (Wildman–Crippen LogP) is 6.10. The van der Waals surface area contributed by atoms with Crippen molar-refractivity contribution in [2.45, 2.75) is 54.6 Å². The first kappa shape index (κ1) is 24.1. The van der Waals surface area contributed by atoms with E-state index in [1.165, 1.54) is 22.3 Å². The molecule has 2 atom stereocenters. The molecule has 120 valence electrons. The molecule has 0 aromatic rings.